The zero-order chi connectivity index (χ0) is 19.3. The fraction of sp³-hybridized carbons (Fsp3) is 0.364. The lowest BCUT2D eigenvalue weighted by Crippen LogP contribution is -2.38. The number of thiazole rings is 1. The fourth-order valence-electron chi connectivity index (χ4n) is 3.44. The quantitative estimate of drug-likeness (QED) is 0.592. The second-order valence-electron chi connectivity index (χ2n) is 6.83. The minimum atomic E-state index is 0.0405. The van der Waals surface area contributed by atoms with Crippen LogP contribution < -0.4 is 9.64 Å². The lowest BCUT2D eigenvalue weighted by atomic mass is 10.1. The van der Waals surface area contributed by atoms with Crippen molar-refractivity contribution in [2.24, 2.45) is 0 Å². The van der Waals surface area contributed by atoms with Gasteiger partial charge in [-0.15, -0.1) is 0 Å². The van der Waals surface area contributed by atoms with Crippen LogP contribution >= 0.6 is 11.3 Å². The molecule has 4 rings (SSSR count). The van der Waals surface area contributed by atoms with Gasteiger partial charge in [-0.1, -0.05) is 47.7 Å². The maximum Gasteiger partial charge on any atom is 0.233 e. The molecule has 1 aliphatic rings. The number of amides is 1. The van der Waals surface area contributed by atoms with E-state index in [1.54, 1.807) is 4.90 Å². The summed E-state index contributed by atoms with van der Waals surface area (Å²) in [5, 5.41) is 0.707. The molecule has 1 aromatic heterocycles. The van der Waals surface area contributed by atoms with Gasteiger partial charge in [0, 0.05) is 6.61 Å². The van der Waals surface area contributed by atoms with Gasteiger partial charge in [0.25, 0.3) is 0 Å². The van der Waals surface area contributed by atoms with Gasteiger partial charge in [0.15, 0.2) is 5.13 Å². The van der Waals surface area contributed by atoms with E-state index in [9.17, 15) is 4.79 Å². The molecule has 1 unspecified atom stereocenters. The van der Waals surface area contributed by atoms with E-state index in [2.05, 4.69) is 0 Å². The van der Waals surface area contributed by atoms with Crippen LogP contribution in [-0.2, 0) is 16.0 Å². The maximum atomic E-state index is 13.2. The van der Waals surface area contributed by atoms with Crippen molar-refractivity contribution in [2.45, 2.75) is 32.3 Å². The predicted molar refractivity (Wildman–Crippen MR) is 112 cm³/mol. The number of fused-ring (bicyclic) bond motifs is 1. The predicted octanol–water partition coefficient (Wildman–Crippen LogP) is 4.45. The Morgan fingerprint density at radius 2 is 2.11 bits per heavy atom. The van der Waals surface area contributed by atoms with Crippen molar-refractivity contribution in [1.82, 2.24) is 4.98 Å². The minimum Gasteiger partial charge on any atom is -0.492 e. The summed E-state index contributed by atoms with van der Waals surface area (Å²) in [6, 6.07) is 15.7. The van der Waals surface area contributed by atoms with Gasteiger partial charge in [0.1, 0.15) is 11.3 Å². The molecule has 1 amide bonds. The molecule has 0 radical (unpaired) electrons. The first-order chi connectivity index (χ1) is 13.7. The number of benzene rings is 2. The summed E-state index contributed by atoms with van der Waals surface area (Å²) in [5.74, 6) is 0.800. The molecule has 146 valence electrons. The molecule has 0 N–H and O–H groups in total. The molecule has 2 heterocycles. The summed E-state index contributed by atoms with van der Waals surface area (Å²) in [7, 11) is 0. The molecular weight excluding hydrogens is 372 g/mol. The van der Waals surface area contributed by atoms with Crippen molar-refractivity contribution in [2.75, 3.05) is 24.7 Å². The van der Waals surface area contributed by atoms with Gasteiger partial charge < -0.3 is 9.47 Å². The number of hydrogen-bond donors (Lipinski definition) is 0. The largest absolute Gasteiger partial charge is 0.492 e. The summed E-state index contributed by atoms with van der Waals surface area (Å²) < 4.78 is 12.5. The lowest BCUT2D eigenvalue weighted by molar-refractivity contribution is -0.118. The molecule has 0 aliphatic carbocycles. The SMILES string of the molecule is CCOc1cccc2sc(N(CC3CCCO3)C(=O)Cc3ccccc3)nc12. The highest BCUT2D eigenvalue weighted by Crippen LogP contribution is 2.35. The Kier molecular flexibility index (Phi) is 5.88. The van der Waals surface area contributed by atoms with Crippen LogP contribution in [0.1, 0.15) is 25.3 Å². The van der Waals surface area contributed by atoms with Crippen molar-refractivity contribution in [3.8, 4) is 5.75 Å². The van der Waals surface area contributed by atoms with Crippen molar-refractivity contribution in [1.29, 1.82) is 0 Å². The molecule has 28 heavy (non-hydrogen) atoms. The van der Waals surface area contributed by atoms with Gasteiger partial charge in [-0.2, -0.15) is 0 Å². The third-order valence-electron chi connectivity index (χ3n) is 4.81. The van der Waals surface area contributed by atoms with Crippen molar-refractivity contribution >= 4 is 32.6 Å². The number of carbonyl (C=O) groups excluding carboxylic acids is 1. The first kappa shape index (κ1) is 18.9. The van der Waals surface area contributed by atoms with Gasteiger partial charge in [0.05, 0.1) is 30.4 Å². The van der Waals surface area contributed by atoms with E-state index in [4.69, 9.17) is 14.5 Å². The number of para-hydroxylation sites is 1. The van der Waals surface area contributed by atoms with Crippen LogP contribution in [0.25, 0.3) is 10.2 Å². The Bertz CT molecular complexity index is 935. The third-order valence-corrected chi connectivity index (χ3v) is 5.85. The molecule has 5 nitrogen and oxygen atoms in total. The molecule has 3 aromatic rings. The molecule has 1 saturated heterocycles. The van der Waals surface area contributed by atoms with Crippen LogP contribution in [0.15, 0.2) is 48.5 Å². The van der Waals surface area contributed by atoms with Gasteiger partial charge in [-0.25, -0.2) is 4.98 Å². The number of anilines is 1. The molecule has 1 fully saturated rings. The lowest BCUT2D eigenvalue weighted by Gasteiger charge is -2.23. The van der Waals surface area contributed by atoms with Gasteiger partial charge in [-0.05, 0) is 37.5 Å². The fourth-order valence-corrected chi connectivity index (χ4v) is 4.45. The van der Waals surface area contributed by atoms with Crippen LogP contribution in [0.5, 0.6) is 5.75 Å². The highest BCUT2D eigenvalue weighted by molar-refractivity contribution is 7.22. The number of carbonyl (C=O) groups is 1. The first-order valence-electron chi connectivity index (χ1n) is 9.73. The topological polar surface area (TPSA) is 51.7 Å². The molecule has 0 spiro atoms. The van der Waals surface area contributed by atoms with Crippen LogP contribution in [0, 0.1) is 0 Å². The number of nitrogens with zero attached hydrogens (tertiary/aromatic N) is 2. The molecule has 0 saturated carbocycles. The number of rotatable bonds is 7. The molecule has 1 aliphatic heterocycles. The number of hydrogen-bond acceptors (Lipinski definition) is 5. The number of ether oxygens (including phenoxy) is 2. The van der Waals surface area contributed by atoms with Crippen LogP contribution in [0.3, 0.4) is 0 Å². The second kappa shape index (κ2) is 8.71. The maximum absolute atomic E-state index is 13.2. The van der Waals surface area contributed by atoms with E-state index in [1.807, 2.05) is 55.5 Å². The van der Waals surface area contributed by atoms with E-state index in [1.165, 1.54) is 11.3 Å². The molecule has 1 atom stereocenters. The monoisotopic (exact) mass is 396 g/mol. The van der Waals surface area contributed by atoms with E-state index in [0.717, 1.165) is 41.0 Å². The van der Waals surface area contributed by atoms with Crippen LogP contribution in [0.2, 0.25) is 0 Å². The summed E-state index contributed by atoms with van der Waals surface area (Å²) >= 11 is 1.53. The van der Waals surface area contributed by atoms with Crippen LogP contribution in [0.4, 0.5) is 5.13 Å². The third kappa shape index (κ3) is 4.18. The first-order valence-corrected chi connectivity index (χ1v) is 10.5. The van der Waals surface area contributed by atoms with Crippen molar-refractivity contribution in [3.05, 3.63) is 54.1 Å². The Hall–Kier alpha value is -2.44. The summed E-state index contributed by atoms with van der Waals surface area (Å²) in [6.07, 6.45) is 2.43. The molecule has 6 heteroatoms. The van der Waals surface area contributed by atoms with Crippen LogP contribution in [-0.4, -0.2) is 36.8 Å². The average molecular weight is 397 g/mol. The summed E-state index contributed by atoms with van der Waals surface area (Å²) in [4.78, 5) is 19.8. The van der Waals surface area contributed by atoms with E-state index in [0.29, 0.717) is 24.7 Å². The van der Waals surface area contributed by atoms with Crippen molar-refractivity contribution in [3.63, 3.8) is 0 Å². The Morgan fingerprint density at radius 3 is 2.86 bits per heavy atom. The second-order valence-corrected chi connectivity index (χ2v) is 7.84. The molecule has 2 aromatic carbocycles. The molecule has 0 bridgehead atoms. The van der Waals surface area contributed by atoms with E-state index < -0.39 is 0 Å². The normalized spacial score (nSPS) is 16.4. The number of aromatic nitrogens is 1. The Morgan fingerprint density at radius 1 is 1.25 bits per heavy atom. The standard InChI is InChI=1S/C22H24N2O3S/c1-2-26-18-11-6-12-19-21(18)23-22(28-19)24(15-17-10-7-13-27-17)20(25)14-16-8-4-3-5-9-16/h3-6,8-9,11-12,17H,2,7,10,13-15H2,1H3. The summed E-state index contributed by atoms with van der Waals surface area (Å²) in [6.45, 7) is 3.84. The van der Waals surface area contributed by atoms with Crippen molar-refractivity contribution < 1.29 is 14.3 Å². The summed E-state index contributed by atoms with van der Waals surface area (Å²) in [5.41, 5.74) is 1.81. The Labute approximate surface area is 168 Å². The molecular formula is C22H24N2O3S. The zero-order valence-electron chi connectivity index (χ0n) is 16.0. The smallest absolute Gasteiger partial charge is 0.233 e. The van der Waals surface area contributed by atoms with E-state index >= 15 is 0 Å². The average Bonchev–Trinajstić information content (AvgIpc) is 3.37. The minimum absolute atomic E-state index is 0.0405. The Balaban J connectivity index is 1.65. The highest BCUT2D eigenvalue weighted by Gasteiger charge is 2.26. The van der Waals surface area contributed by atoms with Gasteiger partial charge in [-0.3, -0.25) is 9.69 Å². The van der Waals surface area contributed by atoms with Gasteiger partial charge >= 0.3 is 0 Å². The van der Waals surface area contributed by atoms with E-state index in [-0.39, 0.29) is 12.0 Å². The highest BCUT2D eigenvalue weighted by atomic mass is 32.1. The zero-order valence-corrected chi connectivity index (χ0v) is 16.8. The van der Waals surface area contributed by atoms with Gasteiger partial charge in [0.2, 0.25) is 5.91 Å².